The Kier molecular flexibility index (Phi) is 2.76. The van der Waals surface area contributed by atoms with E-state index in [-0.39, 0.29) is 11.9 Å². The average molecular weight is 259 g/mol. The number of nitrogens with one attached hydrogen (secondary N) is 1. The Morgan fingerprint density at radius 3 is 2.94 bits per heavy atom. The van der Waals surface area contributed by atoms with Crippen LogP contribution in [0.5, 0.6) is 0 Å². The Labute approximate surface area is 109 Å². The van der Waals surface area contributed by atoms with Crippen LogP contribution in [-0.2, 0) is 0 Å². The van der Waals surface area contributed by atoms with Crippen molar-refractivity contribution in [3.05, 3.63) is 35.4 Å². The van der Waals surface area contributed by atoms with E-state index in [1.165, 1.54) is 11.3 Å². The van der Waals surface area contributed by atoms with Crippen LogP contribution in [0.2, 0.25) is 0 Å². The minimum absolute atomic E-state index is 0.0933. The van der Waals surface area contributed by atoms with Gasteiger partial charge in [0.15, 0.2) is 0 Å². The highest BCUT2D eigenvalue weighted by Crippen LogP contribution is 2.31. The van der Waals surface area contributed by atoms with Crippen molar-refractivity contribution in [1.82, 2.24) is 10.3 Å². The third kappa shape index (κ3) is 1.86. The first-order valence-corrected chi connectivity index (χ1v) is 6.66. The normalized spacial score (nSPS) is 15.3. The molecule has 2 aromatic rings. The van der Waals surface area contributed by atoms with E-state index >= 15 is 0 Å². The van der Waals surface area contributed by atoms with E-state index in [2.05, 4.69) is 22.5 Å². The Morgan fingerprint density at radius 2 is 2.22 bits per heavy atom. The van der Waals surface area contributed by atoms with E-state index in [0.717, 1.165) is 23.1 Å². The summed E-state index contributed by atoms with van der Waals surface area (Å²) >= 11 is 1.40. The molecule has 0 spiro atoms. The van der Waals surface area contributed by atoms with E-state index in [4.69, 9.17) is 5.73 Å². The molecule has 3 rings (SSSR count). The fraction of sp³-hybridized carbons (Fsp3) is 0.231. The molecule has 2 heterocycles. The topological polar surface area (TPSA) is 68.0 Å². The zero-order valence-electron chi connectivity index (χ0n) is 9.72. The maximum Gasteiger partial charge on any atom is 0.263 e. The third-order valence-electron chi connectivity index (χ3n) is 3.03. The molecule has 1 aliphatic carbocycles. The first kappa shape index (κ1) is 11.2. The molecule has 4 nitrogen and oxygen atoms in total. The number of carbonyl (C=O) groups is 1. The van der Waals surface area contributed by atoms with Crippen LogP contribution in [-0.4, -0.2) is 16.9 Å². The predicted molar refractivity (Wildman–Crippen MR) is 73.7 cm³/mol. The molecule has 2 aromatic heterocycles. The minimum atomic E-state index is -0.0933. The molecule has 92 valence electrons. The zero-order valence-corrected chi connectivity index (χ0v) is 10.5. The number of rotatable bonds is 2. The maximum absolute atomic E-state index is 12.2. The van der Waals surface area contributed by atoms with Crippen molar-refractivity contribution in [2.24, 2.45) is 0 Å². The van der Waals surface area contributed by atoms with Gasteiger partial charge >= 0.3 is 0 Å². The Morgan fingerprint density at radius 1 is 1.44 bits per heavy atom. The largest absolute Gasteiger partial charge is 0.396 e. The summed E-state index contributed by atoms with van der Waals surface area (Å²) in [7, 11) is 0. The summed E-state index contributed by atoms with van der Waals surface area (Å²) in [5.74, 6) is -0.0933. The number of anilines is 1. The first-order chi connectivity index (χ1) is 8.75. The van der Waals surface area contributed by atoms with Gasteiger partial charge in [-0.15, -0.1) is 11.3 Å². The zero-order chi connectivity index (χ0) is 12.5. The van der Waals surface area contributed by atoms with Gasteiger partial charge in [-0.3, -0.25) is 9.78 Å². The number of pyridine rings is 1. The van der Waals surface area contributed by atoms with Crippen LogP contribution in [0.4, 0.5) is 5.69 Å². The smallest absolute Gasteiger partial charge is 0.263 e. The second kappa shape index (κ2) is 4.42. The second-order valence-corrected chi connectivity index (χ2v) is 5.36. The summed E-state index contributed by atoms with van der Waals surface area (Å²) in [6.45, 7) is 0. The predicted octanol–water partition coefficient (Wildman–Crippen LogP) is 2.33. The Hall–Kier alpha value is -1.88. The van der Waals surface area contributed by atoms with Crippen molar-refractivity contribution < 1.29 is 4.79 Å². The summed E-state index contributed by atoms with van der Waals surface area (Å²) in [6.07, 6.45) is 7.65. The molecule has 0 saturated carbocycles. The molecule has 0 unspecified atom stereocenters. The SMILES string of the molecule is Nc1c(C(=O)NC2CC=CC2)sc2cccnc12. The number of fused-ring (bicyclic) bond motifs is 1. The van der Waals surface area contributed by atoms with Crippen molar-refractivity contribution in [3.63, 3.8) is 0 Å². The number of nitrogens with two attached hydrogens (primary N) is 1. The van der Waals surface area contributed by atoms with Gasteiger partial charge in [-0.2, -0.15) is 0 Å². The van der Waals surface area contributed by atoms with Gasteiger partial charge in [0.05, 0.1) is 10.4 Å². The molecule has 3 N–H and O–H groups in total. The Balaban J connectivity index is 1.89. The second-order valence-electron chi connectivity index (χ2n) is 4.31. The lowest BCUT2D eigenvalue weighted by atomic mass is 10.2. The van der Waals surface area contributed by atoms with E-state index < -0.39 is 0 Å². The Bertz CT molecular complexity index is 624. The van der Waals surface area contributed by atoms with E-state index in [0.29, 0.717) is 10.6 Å². The van der Waals surface area contributed by atoms with Gasteiger partial charge in [-0.05, 0) is 25.0 Å². The molecular weight excluding hydrogens is 246 g/mol. The average Bonchev–Trinajstić information content (AvgIpc) is 2.98. The molecule has 0 fully saturated rings. The fourth-order valence-electron chi connectivity index (χ4n) is 2.10. The van der Waals surface area contributed by atoms with Crippen LogP contribution in [0.15, 0.2) is 30.5 Å². The molecule has 5 heteroatoms. The first-order valence-electron chi connectivity index (χ1n) is 5.84. The molecule has 0 bridgehead atoms. The molecule has 0 aliphatic heterocycles. The lowest BCUT2D eigenvalue weighted by Crippen LogP contribution is -2.32. The number of hydrogen-bond acceptors (Lipinski definition) is 4. The highest BCUT2D eigenvalue weighted by molar-refractivity contribution is 7.21. The van der Waals surface area contributed by atoms with Gasteiger partial charge in [-0.1, -0.05) is 12.2 Å². The van der Waals surface area contributed by atoms with Crippen molar-refractivity contribution in [1.29, 1.82) is 0 Å². The summed E-state index contributed by atoms with van der Waals surface area (Å²) in [6, 6.07) is 3.98. The number of hydrogen-bond donors (Lipinski definition) is 2. The molecule has 0 aromatic carbocycles. The number of carbonyl (C=O) groups excluding carboxylic acids is 1. The molecule has 0 radical (unpaired) electrons. The highest BCUT2D eigenvalue weighted by Gasteiger charge is 2.20. The summed E-state index contributed by atoms with van der Waals surface area (Å²) < 4.78 is 0.949. The number of nitrogens with zero attached hydrogens (tertiary/aromatic N) is 1. The van der Waals surface area contributed by atoms with Gasteiger partial charge in [0.2, 0.25) is 0 Å². The van der Waals surface area contributed by atoms with Crippen LogP contribution >= 0.6 is 11.3 Å². The standard InChI is InChI=1S/C13H13N3OS/c14-10-11-9(6-3-7-15-11)18-12(10)13(17)16-8-4-1-2-5-8/h1-3,6-8H,4-5,14H2,(H,16,17). The van der Waals surface area contributed by atoms with Crippen LogP contribution < -0.4 is 11.1 Å². The number of amides is 1. The molecular formula is C13H13N3OS. The third-order valence-corrected chi connectivity index (χ3v) is 4.19. The van der Waals surface area contributed by atoms with Crippen molar-refractivity contribution in [2.75, 3.05) is 5.73 Å². The molecule has 18 heavy (non-hydrogen) atoms. The highest BCUT2D eigenvalue weighted by atomic mass is 32.1. The summed E-state index contributed by atoms with van der Waals surface area (Å²) in [4.78, 5) is 16.9. The van der Waals surface area contributed by atoms with Gasteiger partial charge < -0.3 is 11.1 Å². The molecule has 1 amide bonds. The number of thiophene rings is 1. The van der Waals surface area contributed by atoms with Crippen molar-refractivity contribution in [2.45, 2.75) is 18.9 Å². The van der Waals surface area contributed by atoms with E-state index in [1.807, 2.05) is 12.1 Å². The van der Waals surface area contributed by atoms with Crippen LogP contribution in [0.3, 0.4) is 0 Å². The van der Waals surface area contributed by atoms with E-state index in [1.54, 1.807) is 6.20 Å². The van der Waals surface area contributed by atoms with Gasteiger partial charge in [0, 0.05) is 12.2 Å². The van der Waals surface area contributed by atoms with Crippen LogP contribution in [0.25, 0.3) is 10.2 Å². The van der Waals surface area contributed by atoms with Crippen LogP contribution in [0, 0.1) is 0 Å². The fourth-order valence-corrected chi connectivity index (χ4v) is 3.09. The van der Waals surface area contributed by atoms with Gasteiger partial charge in [0.25, 0.3) is 5.91 Å². The quantitative estimate of drug-likeness (QED) is 0.813. The molecule has 0 atom stereocenters. The molecule has 0 saturated heterocycles. The van der Waals surface area contributed by atoms with Crippen LogP contribution in [0.1, 0.15) is 22.5 Å². The lowest BCUT2D eigenvalue weighted by Gasteiger charge is -2.11. The van der Waals surface area contributed by atoms with Gasteiger partial charge in [-0.25, -0.2) is 0 Å². The lowest BCUT2D eigenvalue weighted by molar-refractivity contribution is 0.0944. The number of aromatic nitrogens is 1. The number of nitrogen functional groups attached to an aromatic ring is 1. The van der Waals surface area contributed by atoms with Crippen molar-refractivity contribution in [3.8, 4) is 0 Å². The summed E-state index contributed by atoms with van der Waals surface area (Å²) in [5.41, 5.74) is 7.19. The van der Waals surface area contributed by atoms with Crippen molar-refractivity contribution >= 4 is 33.1 Å². The summed E-state index contributed by atoms with van der Waals surface area (Å²) in [5, 5.41) is 3.00. The maximum atomic E-state index is 12.2. The van der Waals surface area contributed by atoms with E-state index in [9.17, 15) is 4.79 Å². The molecule has 1 aliphatic rings. The minimum Gasteiger partial charge on any atom is -0.396 e. The monoisotopic (exact) mass is 259 g/mol. The van der Waals surface area contributed by atoms with Gasteiger partial charge in [0.1, 0.15) is 10.4 Å².